The van der Waals surface area contributed by atoms with Gasteiger partial charge in [-0.05, 0) is 37.1 Å². The van der Waals surface area contributed by atoms with Crippen LogP contribution in [0.3, 0.4) is 0 Å². The number of hydrogen-bond acceptors (Lipinski definition) is 3. The number of rotatable bonds is 4. The van der Waals surface area contributed by atoms with Crippen LogP contribution in [0.2, 0.25) is 0 Å². The van der Waals surface area contributed by atoms with Gasteiger partial charge in [-0.15, -0.1) is 0 Å². The highest BCUT2D eigenvalue weighted by molar-refractivity contribution is 7.83. The van der Waals surface area contributed by atoms with Crippen molar-refractivity contribution in [2.24, 2.45) is 0 Å². The maximum atomic E-state index is 12.4. The molecule has 2 aromatic rings. The van der Waals surface area contributed by atoms with E-state index in [2.05, 4.69) is 32.0 Å². The molecular weight excluding hydrogens is 296 g/mol. The molecule has 2 aromatic carbocycles. The fourth-order valence-corrected chi connectivity index (χ4v) is 3.94. The second kappa shape index (κ2) is 6.53. The minimum Gasteiger partial charge on any atom is -0.486 e. The summed E-state index contributed by atoms with van der Waals surface area (Å²) in [6.45, 7) is 5.30. The van der Waals surface area contributed by atoms with Crippen LogP contribution in [-0.4, -0.2) is 17.4 Å². The van der Waals surface area contributed by atoms with Gasteiger partial charge in [0, 0.05) is 22.3 Å². The second-order valence-corrected chi connectivity index (χ2v) is 7.16. The third-order valence-corrected chi connectivity index (χ3v) is 4.85. The van der Waals surface area contributed by atoms with Crippen LogP contribution in [-0.2, 0) is 22.3 Å². The van der Waals surface area contributed by atoms with E-state index >= 15 is 0 Å². The van der Waals surface area contributed by atoms with Gasteiger partial charge in [0.2, 0.25) is 0 Å². The van der Waals surface area contributed by atoms with Crippen LogP contribution in [0.4, 0.5) is 0 Å². The van der Waals surface area contributed by atoms with Crippen LogP contribution < -0.4 is 9.47 Å². The molecule has 0 bridgehead atoms. The largest absolute Gasteiger partial charge is 0.486 e. The van der Waals surface area contributed by atoms with Gasteiger partial charge in [0.25, 0.3) is 0 Å². The monoisotopic (exact) mass is 316 g/mol. The number of benzene rings is 2. The van der Waals surface area contributed by atoms with E-state index in [1.54, 1.807) is 0 Å². The highest BCUT2D eigenvalue weighted by Gasteiger charge is 2.13. The Morgan fingerprint density at radius 3 is 2.23 bits per heavy atom. The summed E-state index contributed by atoms with van der Waals surface area (Å²) in [5.74, 6) is 2.64. The fraction of sp³-hybridized carbons (Fsp3) is 0.333. The molecule has 1 heterocycles. The zero-order valence-corrected chi connectivity index (χ0v) is 13.7. The maximum Gasteiger partial charge on any atom is 0.161 e. The Morgan fingerprint density at radius 2 is 1.50 bits per heavy atom. The third-order valence-electron chi connectivity index (χ3n) is 3.54. The Hall–Kier alpha value is -1.81. The SMILES string of the molecule is Cc1cc(C)cc(C[S@](=O)Cc2ccc3c(c2)OCCO3)c1. The summed E-state index contributed by atoms with van der Waals surface area (Å²) in [5, 5.41) is 0. The fourth-order valence-electron chi connectivity index (χ4n) is 2.75. The first kappa shape index (κ1) is 15.1. The lowest BCUT2D eigenvalue weighted by Gasteiger charge is -2.18. The number of fused-ring (bicyclic) bond motifs is 1. The molecule has 1 aliphatic rings. The van der Waals surface area contributed by atoms with Crippen molar-refractivity contribution in [3.05, 3.63) is 58.7 Å². The molecule has 0 saturated heterocycles. The molecule has 0 aliphatic carbocycles. The summed E-state index contributed by atoms with van der Waals surface area (Å²) >= 11 is 0. The number of aryl methyl sites for hydroxylation is 2. The molecule has 0 unspecified atom stereocenters. The van der Waals surface area contributed by atoms with Crippen molar-refractivity contribution in [1.82, 2.24) is 0 Å². The van der Waals surface area contributed by atoms with Crippen LogP contribution in [0.25, 0.3) is 0 Å². The van der Waals surface area contributed by atoms with E-state index in [1.807, 2.05) is 18.2 Å². The third kappa shape index (κ3) is 3.69. The van der Waals surface area contributed by atoms with E-state index in [0.717, 1.165) is 22.6 Å². The van der Waals surface area contributed by atoms with E-state index < -0.39 is 10.8 Å². The van der Waals surface area contributed by atoms with Crippen molar-refractivity contribution in [1.29, 1.82) is 0 Å². The standard InChI is InChI=1S/C18H20O3S/c1-13-7-14(2)9-16(8-13)12-22(19)11-15-3-4-17-18(10-15)21-6-5-20-17/h3-4,7-10H,5-6,11-12H2,1-2H3/t22-/m1/s1. The molecular formula is C18H20O3S. The van der Waals surface area contributed by atoms with E-state index in [1.165, 1.54) is 11.1 Å². The summed E-state index contributed by atoms with van der Waals surface area (Å²) in [4.78, 5) is 0. The van der Waals surface area contributed by atoms with E-state index in [4.69, 9.17) is 9.47 Å². The molecule has 0 N–H and O–H groups in total. The Balaban J connectivity index is 1.69. The van der Waals surface area contributed by atoms with Crippen LogP contribution in [0.15, 0.2) is 36.4 Å². The summed E-state index contributed by atoms with van der Waals surface area (Å²) in [6.07, 6.45) is 0. The molecule has 22 heavy (non-hydrogen) atoms. The zero-order valence-electron chi connectivity index (χ0n) is 12.9. The quantitative estimate of drug-likeness (QED) is 0.866. The number of ether oxygens (including phenoxy) is 2. The summed E-state index contributed by atoms with van der Waals surface area (Å²) in [7, 11) is -0.936. The lowest BCUT2D eigenvalue weighted by molar-refractivity contribution is 0.171. The molecule has 0 fully saturated rings. The molecule has 3 rings (SSSR count). The highest BCUT2D eigenvalue weighted by atomic mass is 32.2. The predicted molar refractivity (Wildman–Crippen MR) is 88.9 cm³/mol. The van der Waals surface area contributed by atoms with Gasteiger partial charge >= 0.3 is 0 Å². The minimum absolute atomic E-state index is 0.531. The van der Waals surface area contributed by atoms with Crippen LogP contribution in [0.1, 0.15) is 22.3 Å². The lowest BCUT2D eigenvalue weighted by atomic mass is 10.1. The average molecular weight is 316 g/mol. The van der Waals surface area contributed by atoms with Crippen molar-refractivity contribution in [3.63, 3.8) is 0 Å². The first-order valence-corrected chi connectivity index (χ1v) is 8.89. The summed E-state index contributed by atoms with van der Waals surface area (Å²) in [5.41, 5.74) is 4.58. The van der Waals surface area contributed by atoms with Crippen LogP contribution in [0, 0.1) is 13.8 Å². The molecule has 0 aromatic heterocycles. The topological polar surface area (TPSA) is 35.5 Å². The highest BCUT2D eigenvalue weighted by Crippen LogP contribution is 2.31. The number of hydrogen-bond donors (Lipinski definition) is 0. The molecule has 0 saturated carbocycles. The summed E-state index contributed by atoms with van der Waals surface area (Å²) in [6, 6.07) is 12.1. The van der Waals surface area contributed by atoms with Gasteiger partial charge in [0.15, 0.2) is 11.5 Å². The lowest BCUT2D eigenvalue weighted by Crippen LogP contribution is -2.15. The van der Waals surface area contributed by atoms with Gasteiger partial charge in [-0.25, -0.2) is 0 Å². The molecule has 0 spiro atoms. The van der Waals surface area contributed by atoms with Crippen molar-refractivity contribution in [2.45, 2.75) is 25.4 Å². The second-order valence-electron chi connectivity index (χ2n) is 5.70. The van der Waals surface area contributed by atoms with Crippen molar-refractivity contribution in [2.75, 3.05) is 13.2 Å². The van der Waals surface area contributed by atoms with Gasteiger partial charge in [0.05, 0.1) is 0 Å². The predicted octanol–water partition coefficient (Wildman–Crippen LogP) is 3.52. The molecule has 4 heteroatoms. The van der Waals surface area contributed by atoms with E-state index in [0.29, 0.717) is 24.7 Å². The van der Waals surface area contributed by atoms with Gasteiger partial charge < -0.3 is 9.47 Å². The van der Waals surface area contributed by atoms with Gasteiger partial charge in [0.1, 0.15) is 13.2 Å². The van der Waals surface area contributed by atoms with Gasteiger partial charge in [-0.3, -0.25) is 4.21 Å². The van der Waals surface area contributed by atoms with E-state index in [-0.39, 0.29) is 0 Å². The zero-order chi connectivity index (χ0) is 15.5. The molecule has 3 nitrogen and oxygen atoms in total. The van der Waals surface area contributed by atoms with Crippen molar-refractivity contribution in [3.8, 4) is 11.5 Å². The van der Waals surface area contributed by atoms with E-state index in [9.17, 15) is 4.21 Å². The Morgan fingerprint density at radius 1 is 0.864 bits per heavy atom. The molecule has 0 radical (unpaired) electrons. The maximum absolute atomic E-state index is 12.4. The normalized spacial score (nSPS) is 14.6. The molecule has 0 amide bonds. The van der Waals surface area contributed by atoms with Crippen LogP contribution in [0.5, 0.6) is 11.5 Å². The molecule has 116 valence electrons. The smallest absolute Gasteiger partial charge is 0.161 e. The van der Waals surface area contributed by atoms with Gasteiger partial charge in [-0.1, -0.05) is 35.4 Å². The Labute approximate surface area is 133 Å². The Kier molecular flexibility index (Phi) is 4.48. The average Bonchev–Trinajstić information content (AvgIpc) is 2.45. The molecule has 1 aliphatic heterocycles. The molecule has 1 atom stereocenters. The van der Waals surface area contributed by atoms with Crippen LogP contribution >= 0.6 is 0 Å². The van der Waals surface area contributed by atoms with Crippen molar-refractivity contribution >= 4 is 10.8 Å². The first-order chi connectivity index (χ1) is 10.6. The first-order valence-electron chi connectivity index (χ1n) is 7.41. The Bertz CT molecular complexity index is 689. The minimum atomic E-state index is -0.936. The van der Waals surface area contributed by atoms with Crippen molar-refractivity contribution < 1.29 is 13.7 Å². The summed E-state index contributed by atoms with van der Waals surface area (Å²) < 4.78 is 23.5. The van der Waals surface area contributed by atoms with Gasteiger partial charge in [-0.2, -0.15) is 0 Å².